The molecule has 0 aliphatic carbocycles. The molecule has 8 heteroatoms. The summed E-state index contributed by atoms with van der Waals surface area (Å²) in [5.41, 5.74) is 1.15. The molecule has 2 aromatic rings. The zero-order valence-electron chi connectivity index (χ0n) is 20.1. The molecule has 2 unspecified atom stereocenters. The van der Waals surface area contributed by atoms with Gasteiger partial charge >= 0.3 is 6.03 Å². The Balaban J connectivity index is 1.41. The highest BCUT2D eigenvalue weighted by atomic mass is 16.2. The molecule has 180 valence electrons. The Labute approximate surface area is 201 Å². The first-order chi connectivity index (χ1) is 16.6. The maximum absolute atomic E-state index is 13.0. The van der Waals surface area contributed by atoms with Gasteiger partial charge in [0.1, 0.15) is 0 Å². The molecule has 3 aliphatic heterocycles. The van der Waals surface area contributed by atoms with E-state index >= 15 is 0 Å². The molecule has 1 N–H and O–H groups in total. The van der Waals surface area contributed by atoms with Crippen LogP contribution in [-0.2, 0) is 11.3 Å². The molecular formula is C26H34N6O2. The van der Waals surface area contributed by atoms with Crippen LogP contribution in [0.3, 0.4) is 0 Å². The van der Waals surface area contributed by atoms with Crippen molar-refractivity contribution in [2.75, 3.05) is 39.8 Å². The molecule has 3 amide bonds. The Morgan fingerprint density at radius 3 is 2.56 bits per heavy atom. The molecule has 2 aromatic carbocycles. The summed E-state index contributed by atoms with van der Waals surface area (Å²) in [7, 11) is 1.72. The summed E-state index contributed by atoms with van der Waals surface area (Å²) in [6.07, 6.45) is 3.23. The van der Waals surface area contributed by atoms with Gasteiger partial charge in [0.25, 0.3) is 5.91 Å². The third-order valence-corrected chi connectivity index (χ3v) is 7.29. The monoisotopic (exact) mass is 462 g/mol. The minimum atomic E-state index is -0.528. The number of unbranched alkanes of at least 4 members (excludes halogenated alkanes) is 2. The maximum Gasteiger partial charge on any atom is 0.325 e. The molecule has 8 nitrogen and oxygen atoms in total. The summed E-state index contributed by atoms with van der Waals surface area (Å²) in [5, 5.41) is 4.87. The zero-order chi connectivity index (χ0) is 23.7. The van der Waals surface area contributed by atoms with E-state index in [9.17, 15) is 9.59 Å². The number of urea groups is 1. The van der Waals surface area contributed by atoms with Crippen LogP contribution in [0.15, 0.2) is 47.5 Å². The largest absolute Gasteiger partial charge is 0.340 e. The lowest BCUT2D eigenvalue weighted by Gasteiger charge is -2.40. The number of amides is 3. The summed E-state index contributed by atoms with van der Waals surface area (Å²) in [6.45, 7) is 7.65. The highest BCUT2D eigenvalue weighted by Gasteiger charge is 2.49. The molecule has 5 rings (SSSR count). The van der Waals surface area contributed by atoms with E-state index in [1.807, 2.05) is 12.1 Å². The average molecular weight is 463 g/mol. The van der Waals surface area contributed by atoms with Crippen LogP contribution in [0.25, 0.3) is 10.8 Å². The third kappa shape index (κ3) is 4.22. The number of hydrogen-bond donors (Lipinski definition) is 1. The number of aliphatic imine (C=N–C) groups is 1. The number of hydrogen-bond acceptors (Lipinski definition) is 6. The Kier molecular flexibility index (Phi) is 6.41. The number of nitrogens with zero attached hydrogens (tertiary/aromatic N) is 5. The van der Waals surface area contributed by atoms with Crippen LogP contribution >= 0.6 is 0 Å². The van der Waals surface area contributed by atoms with Gasteiger partial charge in [-0.1, -0.05) is 62.2 Å². The van der Waals surface area contributed by atoms with Crippen LogP contribution < -0.4 is 5.32 Å². The molecule has 34 heavy (non-hydrogen) atoms. The van der Waals surface area contributed by atoms with E-state index in [1.165, 1.54) is 30.0 Å². The van der Waals surface area contributed by atoms with Crippen molar-refractivity contribution >= 4 is 28.7 Å². The fourth-order valence-corrected chi connectivity index (χ4v) is 5.31. The predicted molar refractivity (Wildman–Crippen MR) is 133 cm³/mol. The van der Waals surface area contributed by atoms with Gasteiger partial charge in [0.2, 0.25) is 0 Å². The van der Waals surface area contributed by atoms with Crippen molar-refractivity contribution in [1.82, 2.24) is 24.9 Å². The average Bonchev–Trinajstić information content (AvgIpc) is 3.23. The summed E-state index contributed by atoms with van der Waals surface area (Å²) >= 11 is 0. The van der Waals surface area contributed by atoms with Gasteiger partial charge in [0, 0.05) is 39.8 Å². The molecule has 0 aromatic heterocycles. The number of nitrogens with one attached hydrogen (secondary N) is 1. The third-order valence-electron chi connectivity index (χ3n) is 7.29. The second-order valence-electron chi connectivity index (χ2n) is 9.49. The van der Waals surface area contributed by atoms with Gasteiger partial charge in [0.05, 0.1) is 0 Å². The highest BCUT2D eigenvalue weighted by molar-refractivity contribution is 6.03. The molecule has 2 fully saturated rings. The van der Waals surface area contributed by atoms with Crippen LogP contribution in [0, 0.1) is 0 Å². The van der Waals surface area contributed by atoms with Crippen molar-refractivity contribution in [1.29, 1.82) is 0 Å². The second kappa shape index (κ2) is 9.62. The Morgan fingerprint density at radius 2 is 1.76 bits per heavy atom. The lowest BCUT2D eigenvalue weighted by atomic mass is 10.0. The minimum Gasteiger partial charge on any atom is -0.340 e. The fourth-order valence-electron chi connectivity index (χ4n) is 5.31. The van der Waals surface area contributed by atoms with E-state index in [-0.39, 0.29) is 11.9 Å². The smallest absolute Gasteiger partial charge is 0.325 e. The molecule has 0 saturated carbocycles. The molecule has 2 atom stereocenters. The van der Waals surface area contributed by atoms with Gasteiger partial charge in [-0.2, -0.15) is 0 Å². The summed E-state index contributed by atoms with van der Waals surface area (Å²) in [4.78, 5) is 38.8. The Hall–Kier alpha value is -3.13. The number of benzene rings is 2. The summed E-state index contributed by atoms with van der Waals surface area (Å²) in [5.74, 6) is 0.554. The van der Waals surface area contributed by atoms with Gasteiger partial charge in [-0.05, 0) is 29.3 Å². The topological polar surface area (TPSA) is 71.5 Å². The van der Waals surface area contributed by atoms with E-state index in [1.54, 1.807) is 11.9 Å². The zero-order valence-corrected chi connectivity index (χ0v) is 20.1. The summed E-state index contributed by atoms with van der Waals surface area (Å²) < 4.78 is 0. The van der Waals surface area contributed by atoms with Crippen LogP contribution in [0.5, 0.6) is 0 Å². The van der Waals surface area contributed by atoms with E-state index in [0.717, 1.165) is 44.2 Å². The van der Waals surface area contributed by atoms with Gasteiger partial charge in [-0.3, -0.25) is 15.0 Å². The summed E-state index contributed by atoms with van der Waals surface area (Å²) in [6, 6.07) is 13.7. The number of piperazine rings is 1. The molecular weight excluding hydrogens is 428 g/mol. The lowest BCUT2D eigenvalue weighted by molar-refractivity contribution is -0.127. The van der Waals surface area contributed by atoms with Crippen molar-refractivity contribution in [2.45, 2.75) is 44.9 Å². The van der Waals surface area contributed by atoms with E-state index in [4.69, 9.17) is 4.99 Å². The Bertz CT molecular complexity index is 1090. The number of carbonyl (C=O) groups is 2. The minimum absolute atomic E-state index is 0.273. The van der Waals surface area contributed by atoms with Gasteiger partial charge < -0.3 is 14.7 Å². The van der Waals surface area contributed by atoms with Crippen molar-refractivity contribution in [3.63, 3.8) is 0 Å². The predicted octanol–water partition coefficient (Wildman–Crippen LogP) is 2.70. The number of guanidine groups is 1. The van der Waals surface area contributed by atoms with E-state index < -0.39 is 12.2 Å². The van der Waals surface area contributed by atoms with Gasteiger partial charge in [-0.25, -0.2) is 9.79 Å². The van der Waals surface area contributed by atoms with Gasteiger partial charge in [0.15, 0.2) is 18.2 Å². The van der Waals surface area contributed by atoms with Crippen molar-refractivity contribution < 1.29 is 9.59 Å². The number of likely N-dealkylation sites (N-methyl/N-ethyl adjacent to an activating group) is 1. The number of fused-ring (bicyclic) bond motifs is 2. The fraction of sp³-hybridized carbons (Fsp3) is 0.500. The molecule has 2 saturated heterocycles. The number of imide groups is 1. The van der Waals surface area contributed by atoms with Crippen LogP contribution in [0.1, 0.15) is 31.7 Å². The van der Waals surface area contributed by atoms with Crippen molar-refractivity contribution in [2.24, 2.45) is 4.99 Å². The standard InChI is InChI=1S/C26H34N6O2/c1-3-4-7-13-30-14-16-31(17-15-30)25-27-23-22(24(33)28-26(34)29(23)2)32(25)18-20-11-8-10-19-9-5-6-12-21(19)20/h5-6,8-12,22-23H,3-4,7,13-18H2,1-2H3,(H,28,33,34). The second-order valence-corrected chi connectivity index (χ2v) is 9.49. The SMILES string of the molecule is CCCCCN1CCN(C2=NC3C(C(=O)NC(=O)N3C)N2Cc2cccc3ccccc23)CC1. The molecule has 0 spiro atoms. The Morgan fingerprint density at radius 1 is 1.00 bits per heavy atom. The van der Waals surface area contributed by atoms with Crippen molar-refractivity contribution in [3.05, 3.63) is 48.0 Å². The molecule has 0 bridgehead atoms. The van der Waals surface area contributed by atoms with Crippen molar-refractivity contribution in [3.8, 4) is 0 Å². The number of rotatable bonds is 6. The van der Waals surface area contributed by atoms with Gasteiger partial charge in [-0.15, -0.1) is 0 Å². The van der Waals surface area contributed by atoms with Crippen LogP contribution in [0.4, 0.5) is 4.79 Å². The first kappa shape index (κ1) is 22.7. The molecule has 3 heterocycles. The maximum atomic E-state index is 13.0. The quantitative estimate of drug-likeness (QED) is 0.669. The first-order valence-corrected chi connectivity index (χ1v) is 12.4. The normalized spacial score (nSPS) is 23.4. The first-order valence-electron chi connectivity index (χ1n) is 12.4. The molecule has 0 radical (unpaired) electrons. The lowest BCUT2D eigenvalue weighted by Crippen LogP contribution is -2.64. The van der Waals surface area contributed by atoms with Crippen LogP contribution in [-0.4, -0.2) is 89.5 Å². The van der Waals surface area contributed by atoms with E-state index in [0.29, 0.717) is 6.54 Å². The molecule has 3 aliphatic rings. The van der Waals surface area contributed by atoms with Crippen LogP contribution in [0.2, 0.25) is 0 Å². The number of carbonyl (C=O) groups excluding carboxylic acids is 2. The highest BCUT2D eigenvalue weighted by Crippen LogP contribution is 2.29. The van der Waals surface area contributed by atoms with E-state index in [2.05, 4.69) is 57.3 Å².